The molecule has 0 aliphatic carbocycles. The fourth-order valence-corrected chi connectivity index (χ4v) is 4.06. The number of nitrogen functional groups attached to an aromatic ring is 2. The molecule has 11 nitrogen and oxygen atoms in total. The number of rotatable bonds is 14. The van der Waals surface area contributed by atoms with Crippen LogP contribution in [0.4, 0.5) is 22.7 Å². The van der Waals surface area contributed by atoms with Crippen LogP contribution < -0.4 is 37.3 Å². The van der Waals surface area contributed by atoms with Crippen LogP contribution in [0.3, 0.4) is 0 Å². The number of methoxy groups -OCH3 is 1. The molecule has 0 radical (unpaired) electrons. The molecule has 1 fully saturated rings. The first-order valence-corrected chi connectivity index (χ1v) is 12.6. The number of primary amides is 1. The summed E-state index contributed by atoms with van der Waals surface area (Å²) in [5.41, 5.74) is 20.5. The number of nitrogens with zero attached hydrogens (tertiary/aromatic N) is 1. The van der Waals surface area contributed by atoms with Crippen LogP contribution in [-0.2, 0) is 4.74 Å². The van der Waals surface area contributed by atoms with Gasteiger partial charge in [-0.1, -0.05) is 12.2 Å². The highest BCUT2D eigenvalue weighted by Gasteiger charge is 2.14. The van der Waals surface area contributed by atoms with Gasteiger partial charge in [-0.3, -0.25) is 14.5 Å². The van der Waals surface area contributed by atoms with E-state index in [1.807, 2.05) is 12.2 Å². The summed E-state index contributed by atoms with van der Waals surface area (Å²) in [6.07, 6.45) is 4.69. The van der Waals surface area contributed by atoms with Crippen molar-refractivity contribution >= 4 is 34.4 Å². The van der Waals surface area contributed by atoms with Gasteiger partial charge in [0.25, 0.3) is 0 Å². The average molecular weight is 527 g/mol. The number of morpholine rings is 1. The van der Waals surface area contributed by atoms with Gasteiger partial charge < -0.3 is 42.0 Å². The predicted molar refractivity (Wildman–Crippen MR) is 150 cm³/mol. The largest absolute Gasteiger partial charge is 0.494 e. The van der Waals surface area contributed by atoms with E-state index in [2.05, 4.69) is 15.5 Å². The fourth-order valence-electron chi connectivity index (χ4n) is 4.06. The third-order valence-corrected chi connectivity index (χ3v) is 6.12. The lowest BCUT2D eigenvalue weighted by atomic mass is 10.1. The van der Waals surface area contributed by atoms with Crippen molar-refractivity contribution in [3.05, 3.63) is 47.5 Å². The van der Waals surface area contributed by atoms with Crippen LogP contribution in [0.15, 0.2) is 36.4 Å². The average Bonchev–Trinajstić information content (AvgIpc) is 2.90. The standard InChI is InChI=1S/C27H38N6O5/c1-18(34)19-14-21(28)26(24(16-19)38-11-5-8-33-9-12-37-13-10-33)32-7-4-3-6-31-25-22(29)15-20(27(30)35)17-23(25)36-2/h3-4,14-17,31-32H,5-13,28-29H2,1-2H3,(H2,30,35)/b4-3+. The summed E-state index contributed by atoms with van der Waals surface area (Å²) in [4.78, 5) is 25.8. The Labute approximate surface area is 223 Å². The number of nitrogens with one attached hydrogen (secondary N) is 2. The third kappa shape index (κ3) is 8.02. The number of ether oxygens (including phenoxy) is 3. The van der Waals surface area contributed by atoms with E-state index in [0.29, 0.717) is 59.5 Å². The van der Waals surface area contributed by atoms with Gasteiger partial charge in [0, 0.05) is 43.9 Å². The Morgan fingerprint density at radius 2 is 1.55 bits per heavy atom. The summed E-state index contributed by atoms with van der Waals surface area (Å²) >= 11 is 0. The van der Waals surface area contributed by atoms with Crippen LogP contribution in [0, 0.1) is 0 Å². The van der Waals surface area contributed by atoms with E-state index < -0.39 is 5.91 Å². The lowest BCUT2D eigenvalue weighted by molar-refractivity contribution is 0.0358. The maximum absolute atomic E-state index is 12.0. The van der Waals surface area contributed by atoms with Gasteiger partial charge in [-0.05, 0) is 37.6 Å². The van der Waals surface area contributed by atoms with Gasteiger partial charge in [-0.25, -0.2) is 0 Å². The molecule has 3 rings (SSSR count). The molecule has 206 valence electrons. The Morgan fingerprint density at radius 1 is 0.974 bits per heavy atom. The molecule has 1 aliphatic heterocycles. The van der Waals surface area contributed by atoms with Gasteiger partial charge in [0.15, 0.2) is 5.78 Å². The molecule has 0 spiro atoms. The molecule has 0 saturated carbocycles. The van der Waals surface area contributed by atoms with Crippen LogP contribution >= 0.6 is 0 Å². The number of carbonyl (C=O) groups is 2. The molecule has 0 aromatic heterocycles. The second-order valence-corrected chi connectivity index (χ2v) is 8.89. The van der Waals surface area contributed by atoms with E-state index in [4.69, 9.17) is 31.4 Å². The maximum Gasteiger partial charge on any atom is 0.248 e. The highest BCUT2D eigenvalue weighted by molar-refractivity contribution is 5.97. The second kappa shape index (κ2) is 14.1. The fraction of sp³-hybridized carbons (Fsp3) is 0.407. The molecule has 11 heteroatoms. The molecule has 2 aromatic rings. The van der Waals surface area contributed by atoms with Crippen molar-refractivity contribution in [3.8, 4) is 11.5 Å². The highest BCUT2D eigenvalue weighted by atomic mass is 16.5. The van der Waals surface area contributed by atoms with E-state index in [9.17, 15) is 9.59 Å². The second-order valence-electron chi connectivity index (χ2n) is 8.89. The first-order chi connectivity index (χ1) is 18.3. The molecular formula is C27H38N6O5. The minimum absolute atomic E-state index is 0.0778. The lowest BCUT2D eigenvalue weighted by Crippen LogP contribution is -2.37. The number of carbonyl (C=O) groups excluding carboxylic acids is 2. The topological polar surface area (TPSA) is 167 Å². The van der Waals surface area contributed by atoms with Crippen LogP contribution in [0.5, 0.6) is 11.5 Å². The smallest absolute Gasteiger partial charge is 0.248 e. The third-order valence-electron chi connectivity index (χ3n) is 6.12. The summed E-state index contributed by atoms with van der Waals surface area (Å²) in [5.74, 6) is 0.323. The number of ketones is 1. The van der Waals surface area contributed by atoms with E-state index >= 15 is 0 Å². The highest BCUT2D eigenvalue weighted by Crippen LogP contribution is 2.33. The van der Waals surface area contributed by atoms with Crippen LogP contribution in [0.25, 0.3) is 0 Å². The number of benzene rings is 2. The summed E-state index contributed by atoms with van der Waals surface area (Å²) in [6.45, 7) is 7.25. The number of anilines is 4. The normalized spacial score (nSPS) is 13.8. The van der Waals surface area contributed by atoms with E-state index in [1.54, 1.807) is 18.2 Å². The first-order valence-electron chi connectivity index (χ1n) is 12.6. The Bertz CT molecular complexity index is 1150. The molecule has 0 unspecified atom stereocenters. The summed E-state index contributed by atoms with van der Waals surface area (Å²) in [7, 11) is 1.49. The van der Waals surface area contributed by atoms with Crippen LogP contribution in [-0.4, -0.2) is 76.2 Å². The number of amides is 1. The van der Waals surface area contributed by atoms with Crippen molar-refractivity contribution in [2.45, 2.75) is 13.3 Å². The quantitative estimate of drug-likeness (QED) is 0.107. The van der Waals surface area contributed by atoms with E-state index in [0.717, 1.165) is 39.3 Å². The molecule has 8 N–H and O–H groups in total. The zero-order chi connectivity index (χ0) is 27.5. The molecule has 0 bridgehead atoms. The van der Waals surface area contributed by atoms with E-state index in [1.165, 1.54) is 20.1 Å². The van der Waals surface area contributed by atoms with Crippen molar-refractivity contribution in [1.82, 2.24) is 4.90 Å². The minimum Gasteiger partial charge on any atom is -0.494 e. The monoisotopic (exact) mass is 526 g/mol. The molecular weight excluding hydrogens is 488 g/mol. The van der Waals surface area contributed by atoms with Crippen molar-refractivity contribution in [2.75, 3.05) is 81.8 Å². The number of Topliss-reactive ketones (excluding diaryl/α,β-unsaturated/α-hetero) is 1. The van der Waals surface area contributed by atoms with Crippen molar-refractivity contribution in [2.24, 2.45) is 5.73 Å². The Hall–Kier alpha value is -3.96. The Balaban J connectivity index is 1.56. The zero-order valence-corrected chi connectivity index (χ0v) is 22.0. The van der Waals surface area contributed by atoms with Crippen molar-refractivity contribution in [3.63, 3.8) is 0 Å². The molecule has 1 aliphatic rings. The zero-order valence-electron chi connectivity index (χ0n) is 22.0. The predicted octanol–water partition coefficient (Wildman–Crippen LogP) is 2.34. The Morgan fingerprint density at radius 3 is 2.13 bits per heavy atom. The number of hydrogen-bond acceptors (Lipinski definition) is 10. The van der Waals surface area contributed by atoms with Gasteiger partial charge in [0.05, 0.1) is 38.3 Å². The Kier molecular flexibility index (Phi) is 10.6. The summed E-state index contributed by atoms with van der Waals surface area (Å²) < 4.78 is 16.8. The maximum atomic E-state index is 12.0. The summed E-state index contributed by atoms with van der Waals surface area (Å²) in [5, 5.41) is 6.47. The van der Waals surface area contributed by atoms with Gasteiger partial charge >= 0.3 is 0 Å². The summed E-state index contributed by atoms with van der Waals surface area (Å²) in [6, 6.07) is 6.43. The van der Waals surface area contributed by atoms with Crippen molar-refractivity contribution < 1.29 is 23.8 Å². The van der Waals surface area contributed by atoms with Crippen LogP contribution in [0.1, 0.15) is 34.1 Å². The number of nitrogens with two attached hydrogens (primary N) is 3. The molecule has 0 atom stereocenters. The van der Waals surface area contributed by atoms with Gasteiger partial charge in [0.2, 0.25) is 5.91 Å². The number of hydrogen-bond donors (Lipinski definition) is 5. The van der Waals surface area contributed by atoms with Gasteiger partial charge in [0.1, 0.15) is 22.9 Å². The van der Waals surface area contributed by atoms with Gasteiger partial charge in [-0.2, -0.15) is 0 Å². The molecule has 1 heterocycles. The first kappa shape index (κ1) is 28.6. The molecule has 38 heavy (non-hydrogen) atoms. The molecule has 2 aromatic carbocycles. The van der Waals surface area contributed by atoms with Gasteiger partial charge in [-0.15, -0.1) is 0 Å². The molecule has 1 amide bonds. The SMILES string of the molecule is COc1cc(C(N)=O)cc(N)c1NC/C=C/CNc1c(N)cc(C(C)=O)cc1OCCCN1CCOCC1. The van der Waals surface area contributed by atoms with Crippen LogP contribution in [0.2, 0.25) is 0 Å². The van der Waals surface area contributed by atoms with E-state index in [-0.39, 0.29) is 11.3 Å². The minimum atomic E-state index is -0.580. The molecule has 1 saturated heterocycles. The lowest BCUT2D eigenvalue weighted by Gasteiger charge is -2.26. The van der Waals surface area contributed by atoms with Crippen molar-refractivity contribution in [1.29, 1.82) is 0 Å².